The van der Waals surface area contributed by atoms with Gasteiger partial charge in [0.15, 0.2) is 5.71 Å². The standard InChI is InChI=1S/C22H21BrN2O3S/c1-22(2)19-15-18(29(26,27)28)10-11-20(19)25(3)21(22)12-9-16(23)13-14-24-17-7-5-4-6-8-17/h4-15H,1-3H3/b12-9+,16-13-,24-14?. The maximum atomic E-state index is 11.4. The van der Waals surface area contributed by atoms with Crippen molar-refractivity contribution in [3.05, 3.63) is 76.8 Å². The Balaban J connectivity index is 1.86. The highest BCUT2D eigenvalue weighted by atomic mass is 79.9. The Morgan fingerprint density at radius 1 is 1.17 bits per heavy atom. The molecule has 0 aromatic heterocycles. The van der Waals surface area contributed by atoms with Gasteiger partial charge in [0.05, 0.1) is 16.0 Å². The Labute approximate surface area is 179 Å². The van der Waals surface area contributed by atoms with Crippen LogP contribution in [0.2, 0.25) is 0 Å². The zero-order valence-corrected chi connectivity index (χ0v) is 18.7. The second-order valence-electron chi connectivity index (χ2n) is 7.20. The third kappa shape index (κ3) is 4.63. The van der Waals surface area contributed by atoms with E-state index in [1.54, 1.807) is 12.3 Å². The van der Waals surface area contributed by atoms with Crippen LogP contribution in [0.5, 0.6) is 0 Å². The molecule has 3 rings (SSSR count). The van der Waals surface area contributed by atoms with E-state index in [0.29, 0.717) is 0 Å². The van der Waals surface area contributed by atoms with Crippen LogP contribution in [0.4, 0.5) is 11.4 Å². The van der Waals surface area contributed by atoms with Gasteiger partial charge < -0.3 is 4.55 Å². The summed E-state index contributed by atoms with van der Waals surface area (Å²) in [6, 6.07) is 14.2. The van der Waals surface area contributed by atoms with Gasteiger partial charge in [-0.15, -0.1) is 0 Å². The summed E-state index contributed by atoms with van der Waals surface area (Å²) in [5.74, 6) is 0. The molecule has 1 aliphatic heterocycles. The van der Waals surface area contributed by atoms with E-state index in [9.17, 15) is 13.0 Å². The average molecular weight is 473 g/mol. The average Bonchev–Trinajstić information content (AvgIpc) is 2.86. The van der Waals surface area contributed by atoms with E-state index >= 15 is 0 Å². The van der Waals surface area contributed by atoms with E-state index in [-0.39, 0.29) is 4.90 Å². The maximum absolute atomic E-state index is 11.4. The summed E-state index contributed by atoms with van der Waals surface area (Å²) in [4.78, 5) is 4.16. The monoisotopic (exact) mass is 472 g/mol. The zero-order chi connectivity index (χ0) is 21.2. The van der Waals surface area contributed by atoms with Crippen molar-refractivity contribution in [3.63, 3.8) is 0 Å². The molecule has 0 amide bonds. The van der Waals surface area contributed by atoms with Gasteiger partial charge in [-0.2, -0.15) is 4.58 Å². The molecule has 0 atom stereocenters. The largest absolute Gasteiger partial charge is 0.744 e. The lowest BCUT2D eigenvalue weighted by molar-refractivity contribution is -0.401. The lowest BCUT2D eigenvalue weighted by atomic mass is 9.81. The first-order valence-electron chi connectivity index (χ1n) is 8.95. The molecular formula is C22H21BrN2O3S. The van der Waals surface area contributed by atoms with Crippen molar-refractivity contribution in [1.29, 1.82) is 0 Å². The first-order valence-corrected chi connectivity index (χ1v) is 11.2. The predicted octanol–water partition coefficient (Wildman–Crippen LogP) is 4.83. The lowest BCUT2D eigenvalue weighted by Gasteiger charge is -2.17. The van der Waals surface area contributed by atoms with Gasteiger partial charge in [0.2, 0.25) is 5.69 Å². The number of nitrogens with zero attached hydrogens (tertiary/aromatic N) is 2. The third-order valence-electron chi connectivity index (χ3n) is 4.91. The number of benzene rings is 2. The van der Waals surface area contributed by atoms with Crippen LogP contribution in [-0.4, -0.2) is 36.5 Å². The van der Waals surface area contributed by atoms with Crippen molar-refractivity contribution >= 4 is 49.3 Å². The summed E-state index contributed by atoms with van der Waals surface area (Å²) in [6.45, 7) is 4.01. The van der Waals surface area contributed by atoms with E-state index in [4.69, 9.17) is 0 Å². The van der Waals surface area contributed by atoms with E-state index in [0.717, 1.165) is 27.1 Å². The fourth-order valence-electron chi connectivity index (χ4n) is 3.39. The number of para-hydroxylation sites is 1. The summed E-state index contributed by atoms with van der Waals surface area (Å²) in [5, 5.41) is 0. The van der Waals surface area contributed by atoms with Crippen LogP contribution in [0.1, 0.15) is 19.4 Å². The molecule has 0 N–H and O–H groups in total. The molecule has 0 spiro atoms. The number of rotatable bonds is 5. The number of halogens is 1. The molecule has 1 heterocycles. The van der Waals surface area contributed by atoms with Gasteiger partial charge in [0.25, 0.3) is 0 Å². The maximum Gasteiger partial charge on any atom is 0.209 e. The quantitative estimate of drug-likeness (QED) is 0.270. The topological polar surface area (TPSA) is 72.6 Å². The molecule has 5 nitrogen and oxygen atoms in total. The van der Waals surface area contributed by atoms with E-state index in [1.807, 2.05) is 74.0 Å². The number of aliphatic imine (C=N–C) groups is 1. The van der Waals surface area contributed by atoms with Crippen molar-refractivity contribution in [1.82, 2.24) is 0 Å². The number of hydrogen-bond donors (Lipinski definition) is 0. The first-order chi connectivity index (χ1) is 13.6. The van der Waals surface area contributed by atoms with Crippen molar-refractivity contribution < 1.29 is 17.5 Å². The molecule has 0 aliphatic carbocycles. The van der Waals surface area contributed by atoms with Crippen LogP contribution in [-0.2, 0) is 15.5 Å². The molecule has 29 heavy (non-hydrogen) atoms. The molecule has 0 saturated carbocycles. The summed E-state index contributed by atoms with van der Waals surface area (Å²) in [5.41, 5.74) is 3.10. The van der Waals surface area contributed by atoms with Crippen molar-refractivity contribution in [2.75, 3.05) is 7.05 Å². The van der Waals surface area contributed by atoms with E-state index in [1.165, 1.54) is 12.1 Å². The lowest BCUT2D eigenvalue weighted by Crippen LogP contribution is -2.26. The Hall–Kier alpha value is -2.35. The molecule has 7 heteroatoms. The fraction of sp³-hybridized carbons (Fsp3) is 0.182. The minimum absolute atomic E-state index is 0.207. The molecule has 150 valence electrons. The summed E-state index contributed by atoms with van der Waals surface area (Å²) < 4.78 is 37.1. The number of hydrogen-bond acceptors (Lipinski definition) is 4. The summed E-state index contributed by atoms with van der Waals surface area (Å²) in [6.07, 6.45) is 7.46. The van der Waals surface area contributed by atoms with Gasteiger partial charge in [-0.3, -0.25) is 4.99 Å². The van der Waals surface area contributed by atoms with Crippen LogP contribution in [0, 0.1) is 0 Å². The molecule has 1 aliphatic rings. The highest BCUT2D eigenvalue weighted by Crippen LogP contribution is 2.40. The van der Waals surface area contributed by atoms with Crippen LogP contribution in [0.3, 0.4) is 0 Å². The molecule has 0 unspecified atom stereocenters. The van der Waals surface area contributed by atoms with E-state index in [2.05, 4.69) is 20.9 Å². The Morgan fingerprint density at radius 2 is 1.86 bits per heavy atom. The summed E-state index contributed by atoms with van der Waals surface area (Å²) >= 11 is 3.52. The van der Waals surface area contributed by atoms with Gasteiger partial charge >= 0.3 is 0 Å². The molecule has 0 fully saturated rings. The van der Waals surface area contributed by atoms with Crippen molar-refractivity contribution in [3.8, 4) is 0 Å². The highest BCUT2D eigenvalue weighted by molar-refractivity contribution is 9.11. The van der Waals surface area contributed by atoms with Gasteiger partial charge in [0, 0.05) is 28.4 Å². The highest BCUT2D eigenvalue weighted by Gasteiger charge is 2.43. The Morgan fingerprint density at radius 3 is 2.52 bits per heavy atom. The molecular weight excluding hydrogens is 452 g/mol. The smallest absolute Gasteiger partial charge is 0.209 e. The second-order valence-corrected chi connectivity index (χ2v) is 9.50. The SMILES string of the molecule is C[N+]1=C(/C=C/C(Br)=C/C=Nc2ccccc2)C(C)(C)c2cc(S(=O)(=O)[O-])ccc21. The molecule has 0 bridgehead atoms. The minimum Gasteiger partial charge on any atom is -0.744 e. The number of fused-ring (bicyclic) bond motifs is 1. The molecule has 0 radical (unpaired) electrons. The fourth-order valence-corrected chi connectivity index (χ4v) is 4.14. The second kappa shape index (κ2) is 8.18. The van der Waals surface area contributed by atoms with Crippen molar-refractivity contribution in [2.24, 2.45) is 4.99 Å². The van der Waals surface area contributed by atoms with Crippen LogP contribution >= 0.6 is 15.9 Å². The van der Waals surface area contributed by atoms with Gasteiger partial charge in [-0.05, 0) is 50.3 Å². The van der Waals surface area contributed by atoms with Crippen LogP contribution < -0.4 is 0 Å². The van der Waals surface area contributed by atoms with Gasteiger partial charge in [0.1, 0.15) is 17.2 Å². The third-order valence-corrected chi connectivity index (χ3v) is 6.27. The molecule has 2 aromatic rings. The predicted molar refractivity (Wildman–Crippen MR) is 119 cm³/mol. The number of allylic oxidation sites excluding steroid dienone is 4. The Bertz CT molecular complexity index is 1160. The van der Waals surface area contributed by atoms with Gasteiger partial charge in [-0.25, -0.2) is 8.42 Å². The summed E-state index contributed by atoms with van der Waals surface area (Å²) in [7, 11) is -2.57. The normalized spacial score (nSPS) is 16.8. The van der Waals surface area contributed by atoms with Crippen molar-refractivity contribution in [2.45, 2.75) is 24.2 Å². The Kier molecular flexibility index (Phi) is 6.03. The van der Waals surface area contributed by atoms with E-state index < -0.39 is 15.5 Å². The van der Waals surface area contributed by atoms with Crippen LogP contribution in [0.15, 0.2) is 81.1 Å². The first kappa shape index (κ1) is 21.4. The minimum atomic E-state index is -4.50. The van der Waals surface area contributed by atoms with Gasteiger partial charge in [-0.1, -0.05) is 34.1 Å². The molecule has 2 aromatic carbocycles. The van der Waals surface area contributed by atoms with Crippen LogP contribution in [0.25, 0.3) is 0 Å². The zero-order valence-electron chi connectivity index (χ0n) is 16.3. The molecule has 0 saturated heterocycles.